The lowest BCUT2D eigenvalue weighted by Gasteiger charge is -2.32. The number of nitrogens with zero attached hydrogens (tertiary/aromatic N) is 1. The van der Waals surface area contributed by atoms with E-state index in [0.29, 0.717) is 0 Å². The van der Waals surface area contributed by atoms with Crippen LogP contribution in [-0.4, -0.2) is 19.1 Å². The van der Waals surface area contributed by atoms with E-state index in [1.165, 1.54) is 6.07 Å². The van der Waals surface area contributed by atoms with Crippen LogP contribution < -0.4 is 10.6 Å². The normalized spacial score (nSPS) is 21.8. The Labute approximate surface area is 93.8 Å². The molecular formula is C11H14ClFN2. The molecule has 1 saturated heterocycles. The van der Waals surface area contributed by atoms with Crippen molar-refractivity contribution in [1.29, 1.82) is 0 Å². The molecule has 2 N–H and O–H groups in total. The van der Waals surface area contributed by atoms with Gasteiger partial charge in [-0.1, -0.05) is 11.6 Å². The van der Waals surface area contributed by atoms with E-state index in [-0.39, 0.29) is 16.9 Å². The maximum Gasteiger partial charge on any atom is 0.141 e. The van der Waals surface area contributed by atoms with Crippen LogP contribution in [0, 0.1) is 5.82 Å². The van der Waals surface area contributed by atoms with Crippen LogP contribution in [0.15, 0.2) is 18.2 Å². The molecule has 0 amide bonds. The second kappa shape index (κ2) is 4.37. The van der Waals surface area contributed by atoms with Gasteiger partial charge in [0.2, 0.25) is 0 Å². The van der Waals surface area contributed by atoms with Gasteiger partial charge in [0.15, 0.2) is 0 Å². The number of benzene rings is 1. The monoisotopic (exact) mass is 228 g/mol. The van der Waals surface area contributed by atoms with E-state index in [1.54, 1.807) is 12.1 Å². The van der Waals surface area contributed by atoms with E-state index in [0.717, 1.165) is 31.6 Å². The first-order chi connectivity index (χ1) is 7.16. The highest BCUT2D eigenvalue weighted by Gasteiger charge is 2.17. The minimum atomic E-state index is -0.373. The highest BCUT2D eigenvalue weighted by atomic mass is 35.5. The molecule has 2 nitrogen and oxygen atoms in total. The Kier molecular flexibility index (Phi) is 3.12. The van der Waals surface area contributed by atoms with Crippen molar-refractivity contribution in [2.45, 2.75) is 18.9 Å². The molecule has 0 spiro atoms. The molecule has 0 unspecified atom stereocenters. The number of hydrogen-bond acceptors (Lipinski definition) is 2. The van der Waals surface area contributed by atoms with Crippen LogP contribution in [-0.2, 0) is 0 Å². The smallest absolute Gasteiger partial charge is 0.141 e. The lowest BCUT2D eigenvalue weighted by Crippen LogP contribution is -2.42. The summed E-state index contributed by atoms with van der Waals surface area (Å²) < 4.78 is 13.0. The van der Waals surface area contributed by atoms with Gasteiger partial charge in [0.25, 0.3) is 0 Å². The zero-order valence-electron chi connectivity index (χ0n) is 8.42. The number of halogens is 2. The topological polar surface area (TPSA) is 29.3 Å². The van der Waals surface area contributed by atoms with Gasteiger partial charge in [-0.25, -0.2) is 4.39 Å². The highest BCUT2D eigenvalue weighted by Crippen LogP contribution is 2.24. The van der Waals surface area contributed by atoms with Crippen molar-refractivity contribution in [3.8, 4) is 0 Å². The summed E-state index contributed by atoms with van der Waals surface area (Å²) in [5.74, 6) is -0.373. The molecule has 1 aliphatic heterocycles. The minimum Gasteiger partial charge on any atom is -0.370 e. The molecule has 1 atom stereocenters. The van der Waals surface area contributed by atoms with Gasteiger partial charge in [-0.2, -0.15) is 0 Å². The van der Waals surface area contributed by atoms with Crippen molar-refractivity contribution in [3.63, 3.8) is 0 Å². The average molecular weight is 229 g/mol. The zero-order chi connectivity index (χ0) is 10.8. The maximum absolute atomic E-state index is 13.0. The van der Waals surface area contributed by atoms with Gasteiger partial charge in [-0.15, -0.1) is 0 Å². The van der Waals surface area contributed by atoms with Crippen LogP contribution in [0.25, 0.3) is 0 Å². The summed E-state index contributed by atoms with van der Waals surface area (Å²) in [6.45, 7) is 1.79. The molecule has 1 aromatic carbocycles. The molecule has 1 aliphatic rings. The summed E-state index contributed by atoms with van der Waals surface area (Å²) in [7, 11) is 0. The zero-order valence-corrected chi connectivity index (χ0v) is 9.17. The fourth-order valence-corrected chi connectivity index (χ4v) is 2.10. The molecule has 0 radical (unpaired) electrons. The van der Waals surface area contributed by atoms with Crippen LogP contribution in [0.3, 0.4) is 0 Å². The third-order valence-electron chi connectivity index (χ3n) is 2.73. The molecule has 2 rings (SSSR count). The van der Waals surface area contributed by atoms with Crippen molar-refractivity contribution >= 4 is 17.3 Å². The minimum absolute atomic E-state index is 0.173. The molecule has 0 bridgehead atoms. The summed E-state index contributed by atoms with van der Waals surface area (Å²) in [4.78, 5) is 2.15. The quantitative estimate of drug-likeness (QED) is 0.800. The Hall–Kier alpha value is -0.800. The molecule has 0 aliphatic carbocycles. The highest BCUT2D eigenvalue weighted by molar-refractivity contribution is 6.31. The maximum atomic E-state index is 13.0. The van der Waals surface area contributed by atoms with Crippen LogP contribution >= 0.6 is 11.6 Å². The lowest BCUT2D eigenvalue weighted by molar-refractivity contribution is 0.506. The van der Waals surface area contributed by atoms with Crippen molar-refractivity contribution in [3.05, 3.63) is 29.0 Å². The third-order valence-corrected chi connectivity index (χ3v) is 3.02. The SMILES string of the molecule is N[C@H]1CCCN(c2ccc(F)c(Cl)c2)C1. The van der Waals surface area contributed by atoms with Crippen molar-refractivity contribution in [2.75, 3.05) is 18.0 Å². The molecule has 15 heavy (non-hydrogen) atoms. The van der Waals surface area contributed by atoms with Crippen molar-refractivity contribution < 1.29 is 4.39 Å². The van der Waals surface area contributed by atoms with Gasteiger partial charge in [0, 0.05) is 24.8 Å². The predicted molar refractivity (Wildman–Crippen MR) is 60.8 cm³/mol. The standard InChI is InChI=1S/C11H14ClFN2/c12-10-6-9(3-4-11(10)13)15-5-1-2-8(14)7-15/h3-4,6,8H,1-2,5,7,14H2/t8-/m0/s1. The fourth-order valence-electron chi connectivity index (χ4n) is 1.93. The van der Waals surface area contributed by atoms with E-state index < -0.39 is 0 Å². The summed E-state index contributed by atoms with van der Waals surface area (Å²) in [5.41, 5.74) is 6.84. The second-order valence-electron chi connectivity index (χ2n) is 3.95. The Balaban J connectivity index is 2.18. The molecule has 0 aromatic heterocycles. The summed E-state index contributed by atoms with van der Waals surface area (Å²) in [6, 6.07) is 5.02. The first kappa shape index (κ1) is 10.7. The Morgan fingerprint density at radius 3 is 2.93 bits per heavy atom. The van der Waals surface area contributed by atoms with Gasteiger partial charge in [0.1, 0.15) is 5.82 Å². The first-order valence-corrected chi connectivity index (χ1v) is 5.50. The van der Waals surface area contributed by atoms with Crippen LogP contribution in [0.2, 0.25) is 5.02 Å². The summed E-state index contributed by atoms with van der Waals surface area (Å²) >= 11 is 5.74. The number of anilines is 1. The molecule has 0 saturated carbocycles. The Morgan fingerprint density at radius 1 is 1.47 bits per heavy atom. The number of piperidine rings is 1. The summed E-state index contributed by atoms with van der Waals surface area (Å²) in [5, 5.41) is 0.173. The molecule has 4 heteroatoms. The molecule has 1 aromatic rings. The Morgan fingerprint density at radius 2 is 2.27 bits per heavy atom. The molecule has 82 valence electrons. The van der Waals surface area contributed by atoms with Gasteiger partial charge < -0.3 is 10.6 Å². The lowest BCUT2D eigenvalue weighted by atomic mass is 10.1. The predicted octanol–water partition coefficient (Wildman–Crippen LogP) is 2.41. The van der Waals surface area contributed by atoms with E-state index in [4.69, 9.17) is 17.3 Å². The van der Waals surface area contributed by atoms with Crippen molar-refractivity contribution in [1.82, 2.24) is 0 Å². The average Bonchev–Trinajstić information content (AvgIpc) is 2.22. The van der Waals surface area contributed by atoms with E-state index in [9.17, 15) is 4.39 Å². The number of nitrogens with two attached hydrogens (primary N) is 1. The van der Waals surface area contributed by atoms with Crippen molar-refractivity contribution in [2.24, 2.45) is 5.73 Å². The van der Waals surface area contributed by atoms with Crippen LogP contribution in [0.4, 0.5) is 10.1 Å². The first-order valence-electron chi connectivity index (χ1n) is 5.12. The molecule has 1 heterocycles. The molecule has 1 fully saturated rings. The van der Waals surface area contributed by atoms with E-state index in [2.05, 4.69) is 4.90 Å². The second-order valence-corrected chi connectivity index (χ2v) is 4.35. The largest absolute Gasteiger partial charge is 0.370 e. The number of hydrogen-bond donors (Lipinski definition) is 1. The van der Waals surface area contributed by atoms with Gasteiger partial charge >= 0.3 is 0 Å². The van der Waals surface area contributed by atoms with Gasteiger partial charge in [-0.3, -0.25) is 0 Å². The van der Waals surface area contributed by atoms with Gasteiger partial charge in [0.05, 0.1) is 5.02 Å². The fraction of sp³-hybridized carbons (Fsp3) is 0.455. The van der Waals surface area contributed by atoms with Crippen LogP contribution in [0.5, 0.6) is 0 Å². The van der Waals surface area contributed by atoms with E-state index in [1.807, 2.05) is 0 Å². The number of rotatable bonds is 1. The Bertz CT molecular complexity index is 356. The van der Waals surface area contributed by atoms with Crippen LogP contribution in [0.1, 0.15) is 12.8 Å². The molecular weight excluding hydrogens is 215 g/mol. The summed E-state index contributed by atoms with van der Waals surface area (Å²) in [6.07, 6.45) is 2.14. The van der Waals surface area contributed by atoms with Gasteiger partial charge in [-0.05, 0) is 31.0 Å². The van der Waals surface area contributed by atoms with E-state index >= 15 is 0 Å². The third kappa shape index (κ3) is 2.41.